The van der Waals surface area contributed by atoms with Crippen molar-refractivity contribution in [3.8, 4) is 24.7 Å². The molecule has 1 aliphatic heterocycles. The van der Waals surface area contributed by atoms with Crippen LogP contribution >= 0.6 is 7.75 Å². The van der Waals surface area contributed by atoms with Crippen molar-refractivity contribution < 1.29 is 13.6 Å². The molecule has 0 amide bonds. The number of hydrogen-bond donors (Lipinski definition) is 1. The molecule has 0 bridgehead atoms. The predicted molar refractivity (Wildman–Crippen MR) is 44.1 cm³/mol. The van der Waals surface area contributed by atoms with E-state index in [0.29, 0.717) is 0 Å². The summed E-state index contributed by atoms with van der Waals surface area (Å²) in [6, 6.07) is 0. The highest BCUT2D eigenvalue weighted by Crippen LogP contribution is 2.51. The summed E-state index contributed by atoms with van der Waals surface area (Å²) in [5, 5.41) is 2.39. The zero-order valence-corrected chi connectivity index (χ0v) is 7.38. The van der Waals surface area contributed by atoms with Crippen molar-refractivity contribution in [1.29, 1.82) is 0 Å². The summed E-state index contributed by atoms with van der Waals surface area (Å²) < 4.78 is 21.2. The van der Waals surface area contributed by atoms with Gasteiger partial charge < -0.3 is 0 Å². The Labute approximate surface area is 71.2 Å². The van der Waals surface area contributed by atoms with Crippen LogP contribution in [0.5, 0.6) is 0 Å². The van der Waals surface area contributed by atoms with Crippen molar-refractivity contribution >= 4 is 7.75 Å². The zero-order valence-electron chi connectivity index (χ0n) is 6.48. The van der Waals surface area contributed by atoms with Gasteiger partial charge in [0.1, 0.15) is 0 Å². The number of rotatable bonds is 1. The standard InChI is InChI=1S/C7H8NO3P/c1-4-6-7(5-2)11-12(9,8-3)10-6/h1-2,6-7H,3H3,(H,8,9). The molecular weight excluding hydrogens is 177 g/mol. The number of nitrogens with one attached hydrogen (secondary N) is 1. The van der Waals surface area contributed by atoms with Gasteiger partial charge in [0, 0.05) is 0 Å². The van der Waals surface area contributed by atoms with Gasteiger partial charge in [0.15, 0.2) is 12.2 Å². The molecule has 1 fully saturated rings. The molecule has 5 heteroatoms. The summed E-state index contributed by atoms with van der Waals surface area (Å²) >= 11 is 0. The SMILES string of the molecule is C#CC1OP(=O)(NC)OC1C#C. The Morgan fingerprint density at radius 1 is 1.33 bits per heavy atom. The molecule has 0 saturated carbocycles. The van der Waals surface area contributed by atoms with Crippen LogP contribution in [0.15, 0.2) is 0 Å². The quantitative estimate of drug-likeness (QED) is 0.473. The van der Waals surface area contributed by atoms with Gasteiger partial charge in [-0.15, -0.1) is 12.8 Å². The first kappa shape index (κ1) is 9.32. The summed E-state index contributed by atoms with van der Waals surface area (Å²) in [5.74, 6) is 4.50. The Bertz CT molecular complexity index is 275. The van der Waals surface area contributed by atoms with E-state index in [-0.39, 0.29) is 0 Å². The Morgan fingerprint density at radius 2 is 1.75 bits per heavy atom. The molecule has 0 aliphatic carbocycles. The minimum absolute atomic E-state index is 0.728. The highest BCUT2D eigenvalue weighted by Gasteiger charge is 2.42. The molecule has 1 saturated heterocycles. The zero-order chi connectivity index (χ0) is 9.19. The normalized spacial score (nSPS) is 40.2. The van der Waals surface area contributed by atoms with Crippen LogP contribution in [0.3, 0.4) is 0 Å². The van der Waals surface area contributed by atoms with E-state index >= 15 is 0 Å². The van der Waals surface area contributed by atoms with Gasteiger partial charge in [0.05, 0.1) is 0 Å². The number of hydrogen-bond acceptors (Lipinski definition) is 3. The van der Waals surface area contributed by atoms with Gasteiger partial charge in [-0.05, 0) is 7.05 Å². The van der Waals surface area contributed by atoms with E-state index in [4.69, 9.17) is 21.9 Å². The summed E-state index contributed by atoms with van der Waals surface area (Å²) in [7, 11) is -1.78. The van der Waals surface area contributed by atoms with Gasteiger partial charge in [-0.2, -0.15) is 0 Å². The van der Waals surface area contributed by atoms with E-state index in [2.05, 4.69) is 16.9 Å². The summed E-state index contributed by atoms with van der Waals surface area (Å²) in [5.41, 5.74) is 0. The lowest BCUT2D eigenvalue weighted by Gasteiger charge is -2.05. The first-order chi connectivity index (χ1) is 5.65. The molecule has 12 heavy (non-hydrogen) atoms. The highest BCUT2D eigenvalue weighted by atomic mass is 31.2. The van der Waals surface area contributed by atoms with Crippen LogP contribution in [0.25, 0.3) is 0 Å². The Balaban J connectivity index is 2.82. The van der Waals surface area contributed by atoms with Crippen molar-refractivity contribution in [1.82, 2.24) is 5.09 Å². The lowest BCUT2D eigenvalue weighted by atomic mass is 10.2. The van der Waals surface area contributed by atoms with E-state index in [0.717, 1.165) is 0 Å². The molecule has 1 heterocycles. The molecule has 64 valence electrons. The first-order valence-corrected chi connectivity index (χ1v) is 4.77. The first-order valence-electron chi connectivity index (χ1n) is 3.23. The fourth-order valence-electron chi connectivity index (χ4n) is 0.775. The molecule has 2 unspecified atom stereocenters. The highest BCUT2D eigenvalue weighted by molar-refractivity contribution is 7.51. The molecule has 1 rings (SSSR count). The second-order valence-electron chi connectivity index (χ2n) is 2.11. The van der Waals surface area contributed by atoms with Gasteiger partial charge >= 0.3 is 7.75 Å². The van der Waals surface area contributed by atoms with Crippen LogP contribution in [0.1, 0.15) is 0 Å². The van der Waals surface area contributed by atoms with Crippen LogP contribution in [0.4, 0.5) is 0 Å². The largest absolute Gasteiger partial charge is 0.407 e. The molecule has 4 nitrogen and oxygen atoms in total. The van der Waals surface area contributed by atoms with Crippen LogP contribution in [0.2, 0.25) is 0 Å². The fourth-order valence-corrected chi connectivity index (χ4v) is 1.98. The minimum Gasteiger partial charge on any atom is -0.276 e. The van der Waals surface area contributed by atoms with Gasteiger partial charge in [0.2, 0.25) is 0 Å². The monoisotopic (exact) mass is 185 g/mol. The van der Waals surface area contributed by atoms with Crippen molar-refractivity contribution in [3.05, 3.63) is 0 Å². The molecule has 0 spiro atoms. The van der Waals surface area contributed by atoms with Gasteiger partial charge in [-0.3, -0.25) is 9.05 Å². The van der Waals surface area contributed by atoms with Crippen LogP contribution in [-0.2, 0) is 13.6 Å². The molecule has 1 N–H and O–H groups in total. The van der Waals surface area contributed by atoms with E-state index in [1.165, 1.54) is 7.05 Å². The fraction of sp³-hybridized carbons (Fsp3) is 0.429. The maximum absolute atomic E-state index is 11.4. The molecule has 1 aliphatic rings. The lowest BCUT2D eigenvalue weighted by Crippen LogP contribution is -2.17. The molecule has 0 aromatic rings. The van der Waals surface area contributed by atoms with Crippen molar-refractivity contribution in [3.63, 3.8) is 0 Å². The lowest BCUT2D eigenvalue weighted by molar-refractivity contribution is 0.251. The van der Waals surface area contributed by atoms with Crippen molar-refractivity contribution in [2.24, 2.45) is 0 Å². The molecule has 0 aromatic heterocycles. The second-order valence-corrected chi connectivity index (χ2v) is 3.97. The van der Waals surface area contributed by atoms with Crippen molar-refractivity contribution in [2.75, 3.05) is 7.05 Å². The van der Waals surface area contributed by atoms with Gasteiger partial charge in [-0.1, -0.05) is 11.8 Å². The van der Waals surface area contributed by atoms with Crippen LogP contribution in [0, 0.1) is 24.7 Å². The Hall–Kier alpha value is -0.770. The van der Waals surface area contributed by atoms with E-state index < -0.39 is 20.0 Å². The van der Waals surface area contributed by atoms with E-state index in [1.807, 2.05) is 0 Å². The third kappa shape index (κ3) is 1.53. The summed E-state index contributed by atoms with van der Waals surface area (Å²) in [4.78, 5) is 0. The summed E-state index contributed by atoms with van der Waals surface area (Å²) in [6.07, 6.45) is 8.70. The third-order valence-corrected chi connectivity index (χ3v) is 2.94. The molecule has 2 atom stereocenters. The molecule has 0 radical (unpaired) electrons. The average molecular weight is 185 g/mol. The average Bonchev–Trinajstić information content (AvgIpc) is 2.43. The Kier molecular flexibility index (Phi) is 2.57. The van der Waals surface area contributed by atoms with Crippen LogP contribution < -0.4 is 5.09 Å². The third-order valence-electron chi connectivity index (χ3n) is 1.38. The maximum atomic E-state index is 11.4. The van der Waals surface area contributed by atoms with Gasteiger partial charge in [-0.25, -0.2) is 9.65 Å². The van der Waals surface area contributed by atoms with Gasteiger partial charge in [0.25, 0.3) is 0 Å². The van der Waals surface area contributed by atoms with Crippen molar-refractivity contribution in [2.45, 2.75) is 12.2 Å². The predicted octanol–water partition coefficient (Wildman–Crippen LogP) is 0.364. The minimum atomic E-state index is -3.23. The van der Waals surface area contributed by atoms with E-state index in [1.54, 1.807) is 0 Å². The van der Waals surface area contributed by atoms with Crippen LogP contribution in [-0.4, -0.2) is 19.3 Å². The van der Waals surface area contributed by atoms with E-state index in [9.17, 15) is 4.57 Å². The molecular formula is C7H8NO3P. The second kappa shape index (κ2) is 3.31. The molecule has 0 aromatic carbocycles. The smallest absolute Gasteiger partial charge is 0.276 e. The number of terminal acetylenes is 2. The summed E-state index contributed by atoms with van der Waals surface area (Å²) in [6.45, 7) is 0. The Morgan fingerprint density at radius 3 is 2.00 bits per heavy atom. The maximum Gasteiger partial charge on any atom is 0.407 e. The topological polar surface area (TPSA) is 47.6 Å².